The van der Waals surface area contributed by atoms with Crippen molar-refractivity contribution in [2.24, 2.45) is 4.99 Å². The third-order valence-electron chi connectivity index (χ3n) is 3.08. The van der Waals surface area contributed by atoms with Crippen LogP contribution >= 0.6 is 24.0 Å². The second kappa shape index (κ2) is 10.6. The lowest BCUT2D eigenvalue weighted by Crippen LogP contribution is -2.39. The van der Waals surface area contributed by atoms with Crippen LogP contribution in [0.1, 0.15) is 12.0 Å². The topological polar surface area (TPSA) is 39.7 Å². The average Bonchev–Trinajstić information content (AvgIpc) is 2.45. The highest BCUT2D eigenvalue weighted by Gasteiger charge is 2.26. The number of hydrogen-bond donors (Lipinski definition) is 2. The van der Waals surface area contributed by atoms with Crippen LogP contribution in [0.2, 0.25) is 0 Å². The van der Waals surface area contributed by atoms with Crippen LogP contribution in [0.15, 0.2) is 29.3 Å². The van der Waals surface area contributed by atoms with Crippen molar-refractivity contribution in [3.05, 3.63) is 29.8 Å². The van der Waals surface area contributed by atoms with E-state index in [1.54, 1.807) is 0 Å². The molecule has 0 spiro atoms. The predicted octanol–water partition coefficient (Wildman–Crippen LogP) is 3.03. The van der Waals surface area contributed by atoms with Gasteiger partial charge in [0.05, 0.1) is 6.42 Å². The maximum atomic E-state index is 12.1. The zero-order valence-corrected chi connectivity index (χ0v) is 15.9. The van der Waals surface area contributed by atoms with Gasteiger partial charge in [0.25, 0.3) is 0 Å². The summed E-state index contributed by atoms with van der Waals surface area (Å²) in [6, 6.07) is 8.14. The summed E-state index contributed by atoms with van der Waals surface area (Å²) < 4.78 is 36.2. The molecule has 1 rings (SSSR count). The number of nitrogens with one attached hydrogen (secondary N) is 2. The fourth-order valence-electron chi connectivity index (χ4n) is 1.83. The van der Waals surface area contributed by atoms with E-state index in [0.717, 1.165) is 17.7 Å². The molecule has 0 fully saturated rings. The van der Waals surface area contributed by atoms with Crippen LogP contribution in [-0.4, -0.2) is 46.4 Å². The van der Waals surface area contributed by atoms with Crippen LogP contribution in [-0.2, 0) is 6.42 Å². The quantitative estimate of drug-likeness (QED) is 0.403. The number of guanidine groups is 1. The number of aliphatic imine (C=N–C) groups is 1. The average molecular weight is 444 g/mol. The molecule has 0 aliphatic heterocycles. The Hall–Kier alpha value is -1.19. The van der Waals surface area contributed by atoms with E-state index in [1.807, 2.05) is 43.3 Å². The van der Waals surface area contributed by atoms with E-state index >= 15 is 0 Å². The van der Waals surface area contributed by atoms with Crippen molar-refractivity contribution < 1.29 is 13.2 Å². The highest BCUT2D eigenvalue weighted by atomic mass is 127. The van der Waals surface area contributed by atoms with E-state index in [1.165, 1.54) is 7.05 Å². The smallest absolute Gasteiger partial charge is 0.378 e. The first-order valence-corrected chi connectivity index (χ1v) is 7.09. The molecule has 0 bridgehead atoms. The van der Waals surface area contributed by atoms with Crippen molar-refractivity contribution in [3.63, 3.8) is 0 Å². The summed E-state index contributed by atoms with van der Waals surface area (Å²) in [7, 11) is 5.50. The summed E-state index contributed by atoms with van der Waals surface area (Å²) >= 11 is 0. The van der Waals surface area contributed by atoms with E-state index in [9.17, 15) is 13.2 Å². The van der Waals surface area contributed by atoms with Gasteiger partial charge in [0.2, 0.25) is 0 Å². The standard InChI is InChI=1S/C15H23F3N4.HI/c1-19-14(21-11-9-15(16,17)18)20-10-8-12-4-6-13(7-5-12)22(2)3;/h4-7H,8-11H2,1-3H3,(H2,19,20,21);1H. The summed E-state index contributed by atoms with van der Waals surface area (Å²) in [5.74, 6) is 0.383. The van der Waals surface area contributed by atoms with Crippen molar-refractivity contribution in [1.82, 2.24) is 10.6 Å². The van der Waals surface area contributed by atoms with Gasteiger partial charge in [0, 0.05) is 39.9 Å². The lowest BCUT2D eigenvalue weighted by Gasteiger charge is -2.14. The van der Waals surface area contributed by atoms with Gasteiger partial charge in [-0.05, 0) is 24.1 Å². The lowest BCUT2D eigenvalue weighted by molar-refractivity contribution is -0.132. The molecule has 2 N–H and O–H groups in total. The Balaban J connectivity index is 0.00000484. The highest BCUT2D eigenvalue weighted by molar-refractivity contribution is 14.0. The van der Waals surface area contributed by atoms with Gasteiger partial charge in [-0.25, -0.2) is 0 Å². The molecule has 0 aliphatic carbocycles. The van der Waals surface area contributed by atoms with Crippen molar-refractivity contribution in [3.8, 4) is 0 Å². The molecule has 0 aromatic heterocycles. The Morgan fingerprint density at radius 3 is 2.13 bits per heavy atom. The molecule has 0 unspecified atom stereocenters. The molecule has 4 nitrogen and oxygen atoms in total. The number of hydrogen-bond acceptors (Lipinski definition) is 2. The molecule has 1 aromatic rings. The molecule has 0 saturated heterocycles. The van der Waals surface area contributed by atoms with E-state index in [4.69, 9.17) is 0 Å². The molecular formula is C15H24F3IN4. The van der Waals surface area contributed by atoms with Crippen LogP contribution in [0.4, 0.5) is 18.9 Å². The van der Waals surface area contributed by atoms with Gasteiger partial charge in [0.1, 0.15) is 0 Å². The molecule has 0 atom stereocenters. The largest absolute Gasteiger partial charge is 0.390 e. The molecule has 0 radical (unpaired) electrons. The minimum atomic E-state index is -4.15. The van der Waals surface area contributed by atoms with Crippen LogP contribution in [0.25, 0.3) is 0 Å². The van der Waals surface area contributed by atoms with E-state index in [0.29, 0.717) is 12.5 Å². The normalized spacial score (nSPS) is 11.7. The predicted molar refractivity (Wildman–Crippen MR) is 99.9 cm³/mol. The minimum absolute atomic E-state index is 0. The molecule has 0 heterocycles. The van der Waals surface area contributed by atoms with Gasteiger partial charge in [-0.15, -0.1) is 24.0 Å². The summed E-state index contributed by atoms with van der Waals surface area (Å²) in [6.45, 7) is 0.424. The minimum Gasteiger partial charge on any atom is -0.378 e. The number of halogens is 4. The summed E-state index contributed by atoms with van der Waals surface area (Å²) in [5.41, 5.74) is 2.28. The van der Waals surface area contributed by atoms with Crippen molar-refractivity contribution in [2.75, 3.05) is 39.1 Å². The van der Waals surface area contributed by atoms with E-state index < -0.39 is 12.6 Å². The fraction of sp³-hybridized carbons (Fsp3) is 0.533. The summed E-state index contributed by atoms with van der Waals surface area (Å²) in [6.07, 6.45) is -4.26. The van der Waals surface area contributed by atoms with E-state index in [2.05, 4.69) is 15.6 Å². The Morgan fingerprint density at radius 2 is 1.65 bits per heavy atom. The number of benzene rings is 1. The van der Waals surface area contributed by atoms with Gasteiger partial charge in [0.15, 0.2) is 5.96 Å². The van der Waals surface area contributed by atoms with Gasteiger partial charge in [-0.1, -0.05) is 12.1 Å². The molecule has 8 heteroatoms. The zero-order valence-electron chi connectivity index (χ0n) is 13.6. The zero-order chi connectivity index (χ0) is 16.6. The third kappa shape index (κ3) is 9.52. The Labute approximate surface area is 152 Å². The van der Waals surface area contributed by atoms with Crippen molar-refractivity contribution in [2.45, 2.75) is 19.0 Å². The summed E-state index contributed by atoms with van der Waals surface area (Å²) in [4.78, 5) is 5.92. The first-order chi connectivity index (χ1) is 10.3. The number of nitrogens with zero attached hydrogens (tertiary/aromatic N) is 2. The van der Waals surface area contributed by atoms with Crippen molar-refractivity contribution in [1.29, 1.82) is 0 Å². The second-order valence-corrected chi connectivity index (χ2v) is 5.10. The van der Waals surface area contributed by atoms with Crippen molar-refractivity contribution >= 4 is 35.6 Å². The summed E-state index contributed by atoms with van der Waals surface area (Å²) in [5, 5.41) is 5.65. The first-order valence-electron chi connectivity index (χ1n) is 7.09. The molecular weight excluding hydrogens is 420 g/mol. The molecule has 0 saturated carbocycles. The maximum absolute atomic E-state index is 12.1. The number of alkyl halides is 3. The van der Waals surface area contributed by atoms with Gasteiger partial charge in [-0.3, -0.25) is 4.99 Å². The van der Waals surface area contributed by atoms with Gasteiger partial charge >= 0.3 is 6.18 Å². The molecule has 0 aliphatic rings. The number of anilines is 1. The molecule has 132 valence electrons. The fourth-order valence-corrected chi connectivity index (χ4v) is 1.83. The third-order valence-corrected chi connectivity index (χ3v) is 3.08. The Morgan fingerprint density at radius 1 is 1.09 bits per heavy atom. The number of rotatable bonds is 6. The van der Waals surface area contributed by atoms with Crippen LogP contribution in [0.5, 0.6) is 0 Å². The molecule has 0 amide bonds. The maximum Gasteiger partial charge on any atom is 0.390 e. The van der Waals surface area contributed by atoms with Gasteiger partial charge in [-0.2, -0.15) is 13.2 Å². The van der Waals surface area contributed by atoms with E-state index in [-0.39, 0.29) is 30.5 Å². The Bertz CT molecular complexity index is 473. The molecule has 1 aromatic carbocycles. The Kier molecular flexibility index (Phi) is 10.0. The lowest BCUT2D eigenvalue weighted by atomic mass is 10.1. The molecule has 23 heavy (non-hydrogen) atoms. The van der Waals surface area contributed by atoms with Crippen LogP contribution < -0.4 is 15.5 Å². The van der Waals surface area contributed by atoms with Crippen LogP contribution in [0, 0.1) is 0 Å². The van der Waals surface area contributed by atoms with Gasteiger partial charge < -0.3 is 15.5 Å². The SMILES string of the molecule is CN=C(NCCc1ccc(N(C)C)cc1)NCCC(F)(F)F.I. The second-order valence-electron chi connectivity index (χ2n) is 5.10. The monoisotopic (exact) mass is 444 g/mol. The highest BCUT2D eigenvalue weighted by Crippen LogP contribution is 2.18. The first kappa shape index (κ1) is 21.8. The van der Waals surface area contributed by atoms with Crippen LogP contribution in [0.3, 0.4) is 0 Å².